The number of carbonyl (C=O) groups excluding carboxylic acids is 2. The van der Waals surface area contributed by atoms with Crippen molar-refractivity contribution in [2.45, 2.75) is 37.1 Å². The van der Waals surface area contributed by atoms with Gasteiger partial charge in [-0.1, -0.05) is 30.3 Å². The van der Waals surface area contributed by atoms with Crippen LogP contribution in [-0.4, -0.2) is 49.1 Å². The molecule has 1 fully saturated rings. The Morgan fingerprint density at radius 1 is 1.00 bits per heavy atom. The Morgan fingerprint density at radius 3 is 2.50 bits per heavy atom. The van der Waals surface area contributed by atoms with E-state index in [4.69, 9.17) is 0 Å². The molecule has 0 aliphatic carbocycles. The van der Waals surface area contributed by atoms with Crippen LogP contribution in [0.1, 0.15) is 31.2 Å². The van der Waals surface area contributed by atoms with Crippen LogP contribution in [0.15, 0.2) is 53.4 Å². The van der Waals surface area contributed by atoms with Crippen LogP contribution in [0.3, 0.4) is 0 Å². The van der Waals surface area contributed by atoms with Crippen molar-refractivity contribution in [1.29, 1.82) is 0 Å². The van der Waals surface area contributed by atoms with Crippen molar-refractivity contribution in [2.75, 3.05) is 42.2 Å². The van der Waals surface area contributed by atoms with Crippen LogP contribution in [0.25, 0.3) is 0 Å². The molecule has 2 aromatic carbocycles. The van der Waals surface area contributed by atoms with E-state index in [9.17, 15) is 9.59 Å². The van der Waals surface area contributed by atoms with E-state index < -0.39 is 0 Å². The lowest BCUT2D eigenvalue weighted by molar-refractivity contribution is -0.130. The highest BCUT2D eigenvalue weighted by Gasteiger charge is 2.25. The van der Waals surface area contributed by atoms with E-state index in [0.29, 0.717) is 25.3 Å². The highest BCUT2D eigenvalue weighted by Crippen LogP contribution is 2.35. The lowest BCUT2D eigenvalue weighted by atomic mass is 10.1. The maximum Gasteiger partial charge on any atom is 0.237 e. The first kappa shape index (κ1) is 20.8. The number of hydrogen-bond acceptors (Lipinski definition) is 4. The van der Waals surface area contributed by atoms with E-state index in [1.165, 1.54) is 30.5 Å². The lowest BCUT2D eigenvalue weighted by Crippen LogP contribution is -2.38. The summed E-state index contributed by atoms with van der Waals surface area (Å²) in [4.78, 5) is 32.4. The number of thioether (sulfide) groups is 1. The number of fused-ring (bicyclic) bond motifs is 1. The van der Waals surface area contributed by atoms with Crippen molar-refractivity contribution < 1.29 is 9.59 Å². The Hall–Kier alpha value is -2.47. The highest BCUT2D eigenvalue weighted by molar-refractivity contribution is 8.00. The van der Waals surface area contributed by atoms with Gasteiger partial charge in [0.2, 0.25) is 11.8 Å². The van der Waals surface area contributed by atoms with E-state index >= 15 is 0 Å². The largest absolute Gasteiger partial charge is 0.371 e. The Morgan fingerprint density at radius 2 is 1.70 bits per heavy atom. The number of hydrogen-bond donors (Lipinski definition) is 0. The molecule has 1 saturated heterocycles. The quantitative estimate of drug-likeness (QED) is 0.700. The summed E-state index contributed by atoms with van der Waals surface area (Å²) in [5.74, 6) is 0.570. The number of carbonyl (C=O) groups is 2. The molecule has 2 aliphatic rings. The fraction of sp³-hybridized carbons (Fsp3) is 0.417. The van der Waals surface area contributed by atoms with Gasteiger partial charge < -0.3 is 14.7 Å². The maximum absolute atomic E-state index is 12.9. The molecule has 0 spiro atoms. The van der Waals surface area contributed by atoms with Gasteiger partial charge in [0.15, 0.2) is 0 Å². The monoisotopic (exact) mass is 423 g/mol. The predicted molar refractivity (Wildman–Crippen MR) is 123 cm³/mol. The molecule has 4 rings (SSSR count). The van der Waals surface area contributed by atoms with Gasteiger partial charge >= 0.3 is 0 Å². The van der Waals surface area contributed by atoms with Gasteiger partial charge in [-0.25, -0.2) is 0 Å². The van der Waals surface area contributed by atoms with E-state index in [1.807, 2.05) is 37.4 Å². The molecule has 2 aromatic rings. The minimum absolute atomic E-state index is 0.0620. The molecule has 0 bridgehead atoms. The van der Waals surface area contributed by atoms with Crippen molar-refractivity contribution in [3.63, 3.8) is 0 Å². The molecule has 0 aromatic heterocycles. The van der Waals surface area contributed by atoms with Gasteiger partial charge in [0, 0.05) is 50.2 Å². The van der Waals surface area contributed by atoms with Crippen LogP contribution in [0.4, 0.5) is 11.4 Å². The second-order valence-electron chi connectivity index (χ2n) is 7.98. The van der Waals surface area contributed by atoms with Gasteiger partial charge in [-0.3, -0.25) is 9.59 Å². The molecule has 158 valence electrons. The average molecular weight is 424 g/mol. The molecule has 0 saturated carbocycles. The third-order valence-electron chi connectivity index (χ3n) is 5.88. The van der Waals surface area contributed by atoms with Crippen molar-refractivity contribution in [3.8, 4) is 0 Å². The molecule has 30 heavy (non-hydrogen) atoms. The number of para-hydroxylation sites is 2. The van der Waals surface area contributed by atoms with Crippen LogP contribution in [0.2, 0.25) is 0 Å². The summed E-state index contributed by atoms with van der Waals surface area (Å²) in [6, 6.07) is 16.3. The Balaban J connectivity index is 1.39. The van der Waals surface area contributed by atoms with Gasteiger partial charge in [-0.15, -0.1) is 11.8 Å². The van der Waals surface area contributed by atoms with Crippen molar-refractivity contribution in [2.24, 2.45) is 0 Å². The minimum Gasteiger partial charge on any atom is -0.371 e. The summed E-state index contributed by atoms with van der Waals surface area (Å²) in [6.07, 6.45) is 4.08. The Kier molecular flexibility index (Phi) is 6.62. The van der Waals surface area contributed by atoms with E-state index in [-0.39, 0.29) is 11.8 Å². The molecule has 2 heterocycles. The van der Waals surface area contributed by atoms with Crippen LogP contribution in [0, 0.1) is 0 Å². The lowest BCUT2D eigenvalue weighted by Gasteiger charge is -2.32. The fourth-order valence-corrected chi connectivity index (χ4v) is 5.16. The molecule has 0 unspecified atom stereocenters. The zero-order valence-corrected chi connectivity index (χ0v) is 18.4. The number of amides is 2. The van der Waals surface area contributed by atoms with Crippen LogP contribution in [-0.2, 0) is 16.1 Å². The average Bonchev–Trinajstić information content (AvgIpc) is 2.79. The van der Waals surface area contributed by atoms with Gasteiger partial charge in [0.25, 0.3) is 0 Å². The van der Waals surface area contributed by atoms with Crippen LogP contribution < -0.4 is 9.80 Å². The smallest absolute Gasteiger partial charge is 0.237 e. The summed E-state index contributed by atoms with van der Waals surface area (Å²) in [5, 5.41) is 0. The number of nitrogens with zero attached hydrogens (tertiary/aromatic N) is 3. The van der Waals surface area contributed by atoms with Crippen LogP contribution in [0.5, 0.6) is 0 Å². The normalized spacial score (nSPS) is 16.4. The minimum atomic E-state index is 0.0620. The van der Waals surface area contributed by atoms with Gasteiger partial charge in [-0.2, -0.15) is 0 Å². The first-order valence-corrected chi connectivity index (χ1v) is 11.7. The van der Waals surface area contributed by atoms with E-state index in [0.717, 1.165) is 23.7 Å². The predicted octanol–water partition coefficient (Wildman–Crippen LogP) is 4.16. The molecule has 2 amide bonds. The Bertz CT molecular complexity index is 911. The number of rotatable bonds is 6. The highest BCUT2D eigenvalue weighted by atomic mass is 32.2. The summed E-state index contributed by atoms with van der Waals surface area (Å²) < 4.78 is 0. The summed E-state index contributed by atoms with van der Waals surface area (Å²) in [5.41, 5.74) is 3.35. The molecule has 2 aliphatic heterocycles. The molecule has 5 nitrogen and oxygen atoms in total. The van der Waals surface area contributed by atoms with E-state index in [1.54, 1.807) is 21.6 Å². The standard InChI is InChI=1S/C24H29N3O2S/c1-25(17-19-9-3-4-10-20(19)26-14-7-2-8-15-26)23(28)13-16-27-21-11-5-6-12-22(21)30-18-24(27)29/h3-6,9-12H,2,7-8,13-18H2,1H3. The Labute approximate surface area is 183 Å². The number of benzene rings is 2. The first-order valence-electron chi connectivity index (χ1n) is 10.7. The zero-order chi connectivity index (χ0) is 20.9. The first-order chi connectivity index (χ1) is 14.6. The second-order valence-corrected chi connectivity index (χ2v) is 9.00. The molecule has 0 atom stereocenters. The molecule has 0 radical (unpaired) electrons. The molecule has 6 heteroatoms. The number of anilines is 2. The SMILES string of the molecule is CN(Cc1ccccc1N1CCCCC1)C(=O)CCN1C(=O)CSc2ccccc21. The van der Waals surface area contributed by atoms with Crippen LogP contribution >= 0.6 is 11.8 Å². The molecular formula is C24H29N3O2S. The molecular weight excluding hydrogens is 394 g/mol. The fourth-order valence-electron chi connectivity index (χ4n) is 4.23. The van der Waals surface area contributed by atoms with Crippen molar-refractivity contribution in [3.05, 3.63) is 54.1 Å². The maximum atomic E-state index is 12.9. The molecule has 0 N–H and O–H groups in total. The zero-order valence-electron chi connectivity index (χ0n) is 17.5. The van der Waals surface area contributed by atoms with Crippen molar-refractivity contribution in [1.82, 2.24) is 4.90 Å². The third-order valence-corrected chi connectivity index (χ3v) is 6.93. The van der Waals surface area contributed by atoms with Gasteiger partial charge in [0.1, 0.15) is 0 Å². The van der Waals surface area contributed by atoms with Gasteiger partial charge in [-0.05, 0) is 43.0 Å². The third kappa shape index (κ3) is 4.64. The van der Waals surface area contributed by atoms with Crippen molar-refractivity contribution >= 4 is 35.0 Å². The summed E-state index contributed by atoms with van der Waals surface area (Å²) in [7, 11) is 1.86. The number of piperidine rings is 1. The summed E-state index contributed by atoms with van der Waals surface area (Å²) in [6.45, 7) is 3.19. The summed E-state index contributed by atoms with van der Waals surface area (Å²) >= 11 is 1.57. The topological polar surface area (TPSA) is 43.9 Å². The second kappa shape index (κ2) is 9.56. The van der Waals surface area contributed by atoms with Gasteiger partial charge in [0.05, 0.1) is 11.4 Å². The van der Waals surface area contributed by atoms with E-state index in [2.05, 4.69) is 23.1 Å².